The molecule has 18 heavy (non-hydrogen) atoms. The lowest BCUT2D eigenvalue weighted by Crippen LogP contribution is -2.39. The van der Waals surface area contributed by atoms with E-state index in [4.69, 9.17) is 4.74 Å². The van der Waals surface area contributed by atoms with Gasteiger partial charge in [-0.25, -0.2) is 0 Å². The van der Waals surface area contributed by atoms with Crippen LogP contribution in [0.1, 0.15) is 19.8 Å². The molecule has 2 rings (SSSR count). The summed E-state index contributed by atoms with van der Waals surface area (Å²) in [4.78, 5) is 2.56. The zero-order chi connectivity index (χ0) is 12.6. The molecule has 0 bridgehead atoms. The molecule has 1 unspecified atom stereocenters. The number of hydrogen-bond donors (Lipinski definition) is 1. The molecule has 0 radical (unpaired) electrons. The highest BCUT2D eigenvalue weighted by Gasteiger charge is 2.16. The minimum absolute atomic E-state index is 0.643. The van der Waals surface area contributed by atoms with E-state index in [0.29, 0.717) is 6.04 Å². The van der Waals surface area contributed by atoms with Crippen LogP contribution >= 0.6 is 0 Å². The molecule has 1 aliphatic heterocycles. The molecule has 1 heterocycles. The third-order valence-electron chi connectivity index (χ3n) is 3.49. The average molecular weight is 248 g/mol. The Labute approximate surface area is 110 Å². The Morgan fingerprint density at radius 2 is 1.94 bits per heavy atom. The van der Waals surface area contributed by atoms with Crippen molar-refractivity contribution in [2.24, 2.45) is 0 Å². The van der Waals surface area contributed by atoms with Crippen LogP contribution in [0.5, 0.6) is 5.75 Å². The van der Waals surface area contributed by atoms with Gasteiger partial charge in [0.2, 0.25) is 0 Å². The van der Waals surface area contributed by atoms with Crippen LogP contribution in [0.25, 0.3) is 0 Å². The topological polar surface area (TPSA) is 24.5 Å². The second kappa shape index (κ2) is 7.39. The van der Waals surface area contributed by atoms with Crippen molar-refractivity contribution < 1.29 is 4.74 Å². The first-order chi connectivity index (χ1) is 8.86. The number of nitrogens with one attached hydrogen (secondary N) is 1. The molecular formula is C15H24N2O. The van der Waals surface area contributed by atoms with Crippen LogP contribution in [0.2, 0.25) is 0 Å². The van der Waals surface area contributed by atoms with E-state index in [1.807, 2.05) is 30.3 Å². The molecule has 3 heteroatoms. The van der Waals surface area contributed by atoms with Crippen LogP contribution in [-0.4, -0.2) is 43.7 Å². The summed E-state index contributed by atoms with van der Waals surface area (Å²) in [5.74, 6) is 0.951. The van der Waals surface area contributed by atoms with E-state index in [1.165, 1.54) is 25.9 Å². The first kappa shape index (κ1) is 13.4. The van der Waals surface area contributed by atoms with E-state index < -0.39 is 0 Å². The zero-order valence-corrected chi connectivity index (χ0v) is 11.3. The predicted octanol–water partition coefficient (Wildman–Crippen LogP) is 2.14. The second-order valence-corrected chi connectivity index (χ2v) is 4.96. The number of para-hydroxylation sites is 1. The first-order valence-corrected chi connectivity index (χ1v) is 6.99. The number of hydrogen-bond acceptors (Lipinski definition) is 3. The minimum Gasteiger partial charge on any atom is -0.492 e. The van der Waals surface area contributed by atoms with Crippen molar-refractivity contribution >= 4 is 0 Å². The number of likely N-dealkylation sites (tertiary alicyclic amines) is 1. The summed E-state index contributed by atoms with van der Waals surface area (Å²) in [6, 6.07) is 10.6. The largest absolute Gasteiger partial charge is 0.492 e. The molecule has 0 aliphatic carbocycles. The second-order valence-electron chi connectivity index (χ2n) is 4.96. The number of ether oxygens (including phenoxy) is 1. The molecule has 1 N–H and O–H groups in total. The van der Waals surface area contributed by atoms with Gasteiger partial charge in [-0.1, -0.05) is 18.2 Å². The fourth-order valence-corrected chi connectivity index (χ4v) is 2.38. The van der Waals surface area contributed by atoms with E-state index in [9.17, 15) is 0 Å². The summed E-state index contributed by atoms with van der Waals surface area (Å²) in [6.45, 7) is 7.53. The van der Waals surface area contributed by atoms with E-state index >= 15 is 0 Å². The monoisotopic (exact) mass is 248 g/mol. The fraction of sp³-hybridized carbons (Fsp3) is 0.600. The van der Waals surface area contributed by atoms with Crippen LogP contribution < -0.4 is 10.1 Å². The Kier molecular flexibility index (Phi) is 5.49. The van der Waals surface area contributed by atoms with Gasteiger partial charge in [0.25, 0.3) is 0 Å². The molecule has 3 nitrogen and oxygen atoms in total. The molecule has 0 aromatic heterocycles. The lowest BCUT2D eigenvalue weighted by Gasteiger charge is -2.23. The first-order valence-electron chi connectivity index (χ1n) is 6.99. The summed E-state index contributed by atoms with van der Waals surface area (Å²) in [7, 11) is 0. The molecule has 1 aromatic carbocycles. The van der Waals surface area contributed by atoms with Crippen molar-refractivity contribution in [1.29, 1.82) is 0 Å². The highest BCUT2D eigenvalue weighted by atomic mass is 16.5. The van der Waals surface area contributed by atoms with Crippen molar-refractivity contribution in [3.05, 3.63) is 30.3 Å². The molecule has 1 atom stereocenters. The van der Waals surface area contributed by atoms with Crippen molar-refractivity contribution in [1.82, 2.24) is 10.2 Å². The van der Waals surface area contributed by atoms with Crippen LogP contribution in [0, 0.1) is 0 Å². The van der Waals surface area contributed by atoms with Crippen LogP contribution in [0.15, 0.2) is 30.3 Å². The minimum atomic E-state index is 0.643. The van der Waals surface area contributed by atoms with Gasteiger partial charge < -0.3 is 10.1 Å². The Morgan fingerprint density at radius 1 is 1.22 bits per heavy atom. The van der Waals surface area contributed by atoms with Gasteiger partial charge in [-0.05, 0) is 45.0 Å². The Balaban J connectivity index is 1.53. The fourth-order valence-electron chi connectivity index (χ4n) is 2.38. The summed E-state index contributed by atoms with van der Waals surface area (Å²) in [6.07, 6.45) is 2.73. The lowest BCUT2D eigenvalue weighted by atomic mass is 10.3. The normalized spacial score (nSPS) is 17.8. The van der Waals surface area contributed by atoms with Gasteiger partial charge in [0.15, 0.2) is 0 Å². The van der Waals surface area contributed by atoms with Crippen molar-refractivity contribution in [2.75, 3.05) is 32.8 Å². The van der Waals surface area contributed by atoms with Gasteiger partial charge in [0.05, 0.1) is 0 Å². The Morgan fingerprint density at radius 3 is 2.67 bits per heavy atom. The standard InChI is InChI=1S/C15H24N2O/c1-14(17-10-5-6-11-17)13-16-9-12-18-15-7-3-2-4-8-15/h2-4,7-8,14,16H,5-6,9-13H2,1H3. The lowest BCUT2D eigenvalue weighted by molar-refractivity contribution is 0.244. The van der Waals surface area contributed by atoms with Gasteiger partial charge in [-0.2, -0.15) is 0 Å². The van der Waals surface area contributed by atoms with E-state index in [2.05, 4.69) is 17.1 Å². The molecule has 1 aromatic rings. The number of benzene rings is 1. The molecule has 0 amide bonds. The third-order valence-corrected chi connectivity index (χ3v) is 3.49. The summed E-state index contributed by atoms with van der Waals surface area (Å²) >= 11 is 0. The van der Waals surface area contributed by atoms with E-state index in [0.717, 1.165) is 25.4 Å². The van der Waals surface area contributed by atoms with E-state index in [1.54, 1.807) is 0 Å². The quantitative estimate of drug-likeness (QED) is 0.748. The SMILES string of the molecule is CC(CNCCOc1ccccc1)N1CCCC1. The molecule has 100 valence electrons. The third kappa shape index (κ3) is 4.31. The van der Waals surface area contributed by atoms with E-state index in [-0.39, 0.29) is 0 Å². The van der Waals surface area contributed by atoms with Crippen LogP contribution in [0.4, 0.5) is 0 Å². The Bertz CT molecular complexity index is 323. The summed E-state index contributed by atoms with van der Waals surface area (Å²) in [5.41, 5.74) is 0. The van der Waals surface area contributed by atoms with Gasteiger partial charge in [-0.15, -0.1) is 0 Å². The summed E-state index contributed by atoms with van der Waals surface area (Å²) in [5, 5.41) is 3.47. The van der Waals surface area contributed by atoms with Crippen molar-refractivity contribution in [2.45, 2.75) is 25.8 Å². The number of nitrogens with zero attached hydrogens (tertiary/aromatic N) is 1. The number of rotatable bonds is 7. The smallest absolute Gasteiger partial charge is 0.119 e. The maximum atomic E-state index is 5.64. The highest BCUT2D eigenvalue weighted by Crippen LogP contribution is 2.10. The van der Waals surface area contributed by atoms with Gasteiger partial charge in [0.1, 0.15) is 12.4 Å². The van der Waals surface area contributed by atoms with Gasteiger partial charge in [-0.3, -0.25) is 4.90 Å². The molecular weight excluding hydrogens is 224 g/mol. The molecule has 1 fully saturated rings. The Hall–Kier alpha value is -1.06. The van der Waals surface area contributed by atoms with Crippen LogP contribution in [0.3, 0.4) is 0 Å². The molecule has 0 spiro atoms. The molecule has 1 saturated heterocycles. The molecule has 0 saturated carbocycles. The average Bonchev–Trinajstić information content (AvgIpc) is 2.93. The van der Waals surface area contributed by atoms with Gasteiger partial charge in [0, 0.05) is 19.1 Å². The summed E-state index contributed by atoms with van der Waals surface area (Å²) < 4.78 is 5.64. The van der Waals surface area contributed by atoms with Crippen molar-refractivity contribution in [3.63, 3.8) is 0 Å². The zero-order valence-electron chi connectivity index (χ0n) is 11.3. The predicted molar refractivity (Wildman–Crippen MR) is 75.1 cm³/mol. The van der Waals surface area contributed by atoms with Crippen molar-refractivity contribution in [3.8, 4) is 5.75 Å². The molecule has 1 aliphatic rings. The maximum absolute atomic E-state index is 5.64. The van der Waals surface area contributed by atoms with Gasteiger partial charge >= 0.3 is 0 Å². The highest BCUT2D eigenvalue weighted by molar-refractivity contribution is 5.20. The maximum Gasteiger partial charge on any atom is 0.119 e. The van der Waals surface area contributed by atoms with Crippen LogP contribution in [-0.2, 0) is 0 Å².